The number of hydrogen-bond donors (Lipinski definition) is 1. The molecule has 2 atom stereocenters. The minimum atomic E-state index is -0.135. The van der Waals surface area contributed by atoms with Crippen molar-refractivity contribution in [3.05, 3.63) is 45.3 Å². The highest BCUT2D eigenvalue weighted by molar-refractivity contribution is 5.49. The zero-order valence-electron chi connectivity index (χ0n) is 14.0. The summed E-state index contributed by atoms with van der Waals surface area (Å²) in [5.41, 5.74) is 3.06. The topological polar surface area (TPSA) is 81.9 Å². The van der Waals surface area contributed by atoms with E-state index in [2.05, 4.69) is 20.4 Å². The Bertz CT molecular complexity index is 832. The lowest BCUT2D eigenvalue weighted by molar-refractivity contribution is 0.182. The fraction of sp³-hybridized carbons (Fsp3) is 0.529. The molecule has 0 bridgehead atoms. The van der Waals surface area contributed by atoms with Crippen LogP contribution >= 0.6 is 0 Å². The summed E-state index contributed by atoms with van der Waals surface area (Å²) in [6.07, 6.45) is 3.13. The molecule has 2 aromatic rings. The molecule has 7 heteroatoms. The Morgan fingerprint density at radius 1 is 1.21 bits per heavy atom. The molecular formula is C17H21N5O2. The van der Waals surface area contributed by atoms with Crippen molar-refractivity contribution in [1.82, 2.24) is 19.7 Å². The molecule has 1 aliphatic carbocycles. The van der Waals surface area contributed by atoms with Crippen molar-refractivity contribution >= 4 is 5.82 Å². The molecule has 2 aliphatic rings. The lowest BCUT2D eigenvalue weighted by atomic mass is 10.1. The molecule has 2 unspecified atom stereocenters. The number of aryl methyl sites for hydroxylation is 3. The van der Waals surface area contributed by atoms with Crippen LogP contribution in [-0.2, 0) is 17.6 Å². The van der Waals surface area contributed by atoms with Crippen molar-refractivity contribution in [2.24, 2.45) is 0 Å². The summed E-state index contributed by atoms with van der Waals surface area (Å²) in [5, 5.41) is 7.89. The van der Waals surface area contributed by atoms with Crippen molar-refractivity contribution in [3.63, 3.8) is 0 Å². The van der Waals surface area contributed by atoms with Gasteiger partial charge in [0, 0.05) is 17.3 Å². The fourth-order valence-corrected chi connectivity index (χ4v) is 3.53. The van der Waals surface area contributed by atoms with E-state index in [-0.39, 0.29) is 17.6 Å². The Morgan fingerprint density at radius 2 is 2.08 bits per heavy atom. The van der Waals surface area contributed by atoms with Crippen molar-refractivity contribution in [1.29, 1.82) is 0 Å². The summed E-state index contributed by atoms with van der Waals surface area (Å²) < 4.78 is 7.17. The number of hydrogen-bond acceptors (Lipinski definition) is 6. The first-order chi connectivity index (χ1) is 11.6. The van der Waals surface area contributed by atoms with E-state index < -0.39 is 0 Å². The molecule has 1 N–H and O–H groups in total. The maximum Gasteiger partial charge on any atom is 0.267 e. The summed E-state index contributed by atoms with van der Waals surface area (Å²) >= 11 is 0. The molecule has 0 spiro atoms. The number of ether oxygens (including phenoxy) is 1. The van der Waals surface area contributed by atoms with Gasteiger partial charge in [0.2, 0.25) is 0 Å². The minimum absolute atomic E-state index is 0.0315. The van der Waals surface area contributed by atoms with E-state index in [0.29, 0.717) is 13.2 Å². The molecule has 126 valence electrons. The largest absolute Gasteiger partial charge is 0.377 e. The number of anilines is 1. The van der Waals surface area contributed by atoms with Gasteiger partial charge in [-0.1, -0.05) is 0 Å². The maximum absolute atomic E-state index is 12.2. The van der Waals surface area contributed by atoms with Gasteiger partial charge in [-0.15, -0.1) is 0 Å². The number of rotatable bonds is 3. The Hall–Kier alpha value is -2.28. The van der Waals surface area contributed by atoms with Crippen LogP contribution in [0.2, 0.25) is 0 Å². The second kappa shape index (κ2) is 5.98. The third-order valence-electron chi connectivity index (χ3n) is 4.69. The number of fused-ring (bicyclic) bond motifs is 1. The maximum atomic E-state index is 12.2. The van der Waals surface area contributed by atoms with Gasteiger partial charge in [0.1, 0.15) is 17.7 Å². The first-order valence-electron chi connectivity index (χ1n) is 8.39. The van der Waals surface area contributed by atoms with Crippen molar-refractivity contribution in [3.8, 4) is 0 Å². The van der Waals surface area contributed by atoms with Gasteiger partial charge in [-0.25, -0.2) is 14.6 Å². The van der Waals surface area contributed by atoms with Gasteiger partial charge in [0.15, 0.2) is 0 Å². The zero-order chi connectivity index (χ0) is 16.7. The SMILES string of the molecule is Cc1ccc(=O)n(C2COCC2Nc2nc(C)nc3c2CCC3)n1. The average Bonchev–Trinajstić information content (AvgIpc) is 3.18. The van der Waals surface area contributed by atoms with Gasteiger partial charge in [-0.3, -0.25) is 4.79 Å². The Kier molecular flexibility index (Phi) is 3.80. The van der Waals surface area contributed by atoms with Crippen LogP contribution in [-0.4, -0.2) is 39.0 Å². The molecule has 7 nitrogen and oxygen atoms in total. The minimum Gasteiger partial charge on any atom is -0.377 e. The van der Waals surface area contributed by atoms with Crippen LogP contribution in [0.3, 0.4) is 0 Å². The monoisotopic (exact) mass is 327 g/mol. The summed E-state index contributed by atoms with van der Waals surface area (Å²) in [4.78, 5) is 21.3. The highest BCUT2D eigenvalue weighted by Gasteiger charge is 2.33. The highest BCUT2D eigenvalue weighted by Crippen LogP contribution is 2.29. The van der Waals surface area contributed by atoms with Crippen molar-refractivity contribution in [2.45, 2.75) is 45.2 Å². The average molecular weight is 327 g/mol. The van der Waals surface area contributed by atoms with E-state index >= 15 is 0 Å². The zero-order valence-corrected chi connectivity index (χ0v) is 14.0. The normalized spacial score (nSPS) is 22.6. The van der Waals surface area contributed by atoms with Gasteiger partial charge >= 0.3 is 0 Å². The third kappa shape index (κ3) is 2.69. The predicted molar refractivity (Wildman–Crippen MR) is 89.3 cm³/mol. The Balaban J connectivity index is 1.65. The molecule has 0 aromatic carbocycles. The first-order valence-corrected chi connectivity index (χ1v) is 8.39. The van der Waals surface area contributed by atoms with Crippen LogP contribution in [0.25, 0.3) is 0 Å². The second-order valence-electron chi connectivity index (χ2n) is 6.51. The van der Waals surface area contributed by atoms with Crippen LogP contribution in [0.1, 0.15) is 35.2 Å². The summed E-state index contributed by atoms with van der Waals surface area (Å²) in [5.74, 6) is 1.66. The fourth-order valence-electron chi connectivity index (χ4n) is 3.53. The highest BCUT2D eigenvalue weighted by atomic mass is 16.5. The molecule has 1 fully saturated rings. The molecule has 1 aliphatic heterocycles. The van der Waals surface area contributed by atoms with Crippen LogP contribution < -0.4 is 10.9 Å². The van der Waals surface area contributed by atoms with Crippen LogP contribution in [0.4, 0.5) is 5.82 Å². The van der Waals surface area contributed by atoms with Gasteiger partial charge in [-0.05, 0) is 39.2 Å². The molecule has 24 heavy (non-hydrogen) atoms. The molecule has 0 radical (unpaired) electrons. The van der Waals surface area contributed by atoms with E-state index in [1.807, 2.05) is 13.8 Å². The van der Waals surface area contributed by atoms with E-state index in [9.17, 15) is 4.79 Å². The standard InChI is InChI=1S/C17H21N5O2/c1-10-6-7-16(23)22(21-10)15-9-24-8-14(15)20-17-12-4-3-5-13(12)18-11(2)19-17/h6-7,14-15H,3-5,8-9H2,1-2H3,(H,18,19,20). The van der Waals surface area contributed by atoms with Gasteiger partial charge in [0.25, 0.3) is 5.56 Å². The van der Waals surface area contributed by atoms with Crippen molar-refractivity contribution in [2.75, 3.05) is 18.5 Å². The van der Waals surface area contributed by atoms with Crippen LogP contribution in [0.15, 0.2) is 16.9 Å². The van der Waals surface area contributed by atoms with E-state index in [0.717, 1.165) is 42.3 Å². The van der Waals surface area contributed by atoms with E-state index in [1.54, 1.807) is 12.1 Å². The molecule has 3 heterocycles. The van der Waals surface area contributed by atoms with Gasteiger partial charge in [0.05, 0.1) is 24.9 Å². The van der Waals surface area contributed by atoms with Gasteiger partial charge in [-0.2, -0.15) is 5.10 Å². The predicted octanol–water partition coefficient (Wildman–Crippen LogP) is 1.19. The third-order valence-corrected chi connectivity index (χ3v) is 4.69. The Morgan fingerprint density at radius 3 is 2.96 bits per heavy atom. The molecule has 2 aromatic heterocycles. The lowest BCUT2D eigenvalue weighted by Crippen LogP contribution is -2.37. The smallest absolute Gasteiger partial charge is 0.267 e. The van der Waals surface area contributed by atoms with E-state index in [4.69, 9.17) is 4.74 Å². The Labute approximate surface area is 140 Å². The molecule has 0 amide bonds. The second-order valence-corrected chi connectivity index (χ2v) is 6.51. The molecule has 4 rings (SSSR count). The quantitative estimate of drug-likeness (QED) is 0.912. The lowest BCUT2D eigenvalue weighted by Gasteiger charge is -2.22. The number of nitrogens with zero attached hydrogens (tertiary/aromatic N) is 4. The summed E-state index contributed by atoms with van der Waals surface area (Å²) in [6, 6.07) is 3.13. The number of aromatic nitrogens is 4. The molecule has 1 saturated heterocycles. The summed E-state index contributed by atoms with van der Waals surface area (Å²) in [7, 11) is 0. The molecular weight excluding hydrogens is 306 g/mol. The number of nitrogens with one attached hydrogen (secondary N) is 1. The van der Waals surface area contributed by atoms with Crippen LogP contribution in [0, 0.1) is 13.8 Å². The van der Waals surface area contributed by atoms with Gasteiger partial charge < -0.3 is 10.1 Å². The van der Waals surface area contributed by atoms with E-state index in [1.165, 1.54) is 10.2 Å². The first kappa shape index (κ1) is 15.3. The van der Waals surface area contributed by atoms with Crippen LogP contribution in [0.5, 0.6) is 0 Å². The molecule has 0 saturated carbocycles. The van der Waals surface area contributed by atoms with Crippen molar-refractivity contribution < 1.29 is 4.74 Å². The summed E-state index contributed by atoms with van der Waals surface area (Å²) in [6.45, 7) is 4.80.